The number of rotatable bonds is 1. The molecular weight excluding hydrogens is 158 g/mol. The SMILES string of the molecule is CC1=CCC(c2ccncc2)CC1. The van der Waals surface area contributed by atoms with E-state index in [4.69, 9.17) is 0 Å². The van der Waals surface area contributed by atoms with E-state index in [1.54, 1.807) is 5.57 Å². The third kappa shape index (κ3) is 1.97. The van der Waals surface area contributed by atoms with Gasteiger partial charge in [-0.3, -0.25) is 4.98 Å². The van der Waals surface area contributed by atoms with Crippen LogP contribution in [0.3, 0.4) is 0 Å². The van der Waals surface area contributed by atoms with Crippen LogP contribution < -0.4 is 0 Å². The Labute approximate surface area is 79.5 Å². The van der Waals surface area contributed by atoms with Crippen LogP contribution in [0.5, 0.6) is 0 Å². The summed E-state index contributed by atoms with van der Waals surface area (Å²) in [5, 5.41) is 0. The van der Waals surface area contributed by atoms with Crippen LogP contribution in [-0.2, 0) is 0 Å². The van der Waals surface area contributed by atoms with E-state index in [9.17, 15) is 0 Å². The molecule has 0 bridgehead atoms. The van der Waals surface area contributed by atoms with Crippen LogP contribution in [0.15, 0.2) is 36.2 Å². The van der Waals surface area contributed by atoms with Gasteiger partial charge in [-0.25, -0.2) is 0 Å². The molecule has 0 aromatic carbocycles. The van der Waals surface area contributed by atoms with E-state index in [0.717, 1.165) is 5.92 Å². The van der Waals surface area contributed by atoms with Gasteiger partial charge >= 0.3 is 0 Å². The molecule has 0 radical (unpaired) electrons. The molecule has 0 N–H and O–H groups in total. The van der Waals surface area contributed by atoms with Crippen molar-refractivity contribution in [2.75, 3.05) is 0 Å². The molecule has 1 nitrogen and oxygen atoms in total. The molecule has 1 aliphatic carbocycles. The van der Waals surface area contributed by atoms with Gasteiger partial charge in [0.2, 0.25) is 0 Å². The quantitative estimate of drug-likeness (QED) is 0.594. The summed E-state index contributed by atoms with van der Waals surface area (Å²) in [5.74, 6) is 0.728. The number of aromatic nitrogens is 1. The summed E-state index contributed by atoms with van der Waals surface area (Å²) in [5.41, 5.74) is 2.99. The van der Waals surface area contributed by atoms with Gasteiger partial charge in [0.25, 0.3) is 0 Å². The van der Waals surface area contributed by atoms with Crippen molar-refractivity contribution in [1.82, 2.24) is 4.98 Å². The van der Waals surface area contributed by atoms with Crippen molar-refractivity contribution in [3.05, 3.63) is 41.7 Å². The molecule has 0 spiro atoms. The average Bonchev–Trinajstić information content (AvgIpc) is 2.20. The Bertz CT molecular complexity index is 300. The lowest BCUT2D eigenvalue weighted by Crippen LogP contribution is -2.02. The molecule has 0 saturated carbocycles. The maximum absolute atomic E-state index is 4.04. The van der Waals surface area contributed by atoms with E-state index in [0.29, 0.717) is 0 Å². The second-order valence-corrected chi connectivity index (χ2v) is 3.80. The van der Waals surface area contributed by atoms with Crippen molar-refractivity contribution in [2.24, 2.45) is 0 Å². The lowest BCUT2D eigenvalue weighted by atomic mass is 9.85. The first-order chi connectivity index (χ1) is 6.36. The molecule has 1 aliphatic rings. The zero-order chi connectivity index (χ0) is 9.10. The molecule has 13 heavy (non-hydrogen) atoms. The van der Waals surface area contributed by atoms with E-state index >= 15 is 0 Å². The summed E-state index contributed by atoms with van der Waals surface area (Å²) in [6, 6.07) is 4.28. The van der Waals surface area contributed by atoms with Crippen molar-refractivity contribution in [3.8, 4) is 0 Å². The van der Waals surface area contributed by atoms with Gasteiger partial charge in [0, 0.05) is 12.4 Å². The van der Waals surface area contributed by atoms with E-state index in [-0.39, 0.29) is 0 Å². The predicted octanol–water partition coefficient (Wildman–Crippen LogP) is 3.30. The number of hydrogen-bond donors (Lipinski definition) is 0. The summed E-state index contributed by atoms with van der Waals surface area (Å²) in [4.78, 5) is 4.04. The Morgan fingerprint density at radius 1 is 1.31 bits per heavy atom. The van der Waals surface area contributed by atoms with Crippen molar-refractivity contribution < 1.29 is 0 Å². The highest BCUT2D eigenvalue weighted by Crippen LogP contribution is 2.31. The summed E-state index contributed by atoms with van der Waals surface area (Å²) >= 11 is 0. The zero-order valence-corrected chi connectivity index (χ0v) is 8.03. The smallest absolute Gasteiger partial charge is 0.0270 e. The minimum absolute atomic E-state index is 0.728. The molecule has 1 heterocycles. The second-order valence-electron chi connectivity index (χ2n) is 3.80. The molecule has 0 fully saturated rings. The third-order valence-electron chi connectivity index (χ3n) is 2.82. The molecule has 0 aliphatic heterocycles. The normalized spacial score (nSPS) is 22.5. The Morgan fingerprint density at radius 2 is 2.08 bits per heavy atom. The lowest BCUT2D eigenvalue weighted by molar-refractivity contribution is 0.598. The van der Waals surface area contributed by atoms with E-state index in [1.165, 1.54) is 24.8 Å². The summed E-state index contributed by atoms with van der Waals surface area (Å²) in [7, 11) is 0. The number of nitrogens with zero attached hydrogens (tertiary/aromatic N) is 1. The largest absolute Gasteiger partial charge is 0.265 e. The number of hydrogen-bond acceptors (Lipinski definition) is 1. The molecule has 0 amide bonds. The van der Waals surface area contributed by atoms with Gasteiger partial charge in [0.05, 0.1) is 0 Å². The molecule has 1 aromatic heterocycles. The molecule has 68 valence electrons. The van der Waals surface area contributed by atoms with Gasteiger partial charge in [0.15, 0.2) is 0 Å². The lowest BCUT2D eigenvalue weighted by Gasteiger charge is -2.20. The van der Waals surface area contributed by atoms with E-state index < -0.39 is 0 Å². The first kappa shape index (κ1) is 8.49. The van der Waals surface area contributed by atoms with Gasteiger partial charge in [0.1, 0.15) is 0 Å². The Morgan fingerprint density at radius 3 is 2.69 bits per heavy atom. The number of allylic oxidation sites excluding steroid dienone is 2. The van der Waals surface area contributed by atoms with Crippen LogP contribution in [0, 0.1) is 0 Å². The topological polar surface area (TPSA) is 12.9 Å². The first-order valence-corrected chi connectivity index (χ1v) is 4.92. The van der Waals surface area contributed by atoms with E-state index in [1.807, 2.05) is 12.4 Å². The molecule has 0 saturated heterocycles. The highest BCUT2D eigenvalue weighted by molar-refractivity contribution is 5.20. The highest BCUT2D eigenvalue weighted by Gasteiger charge is 2.13. The third-order valence-corrected chi connectivity index (χ3v) is 2.82. The first-order valence-electron chi connectivity index (χ1n) is 4.92. The van der Waals surface area contributed by atoms with Crippen LogP contribution in [0.1, 0.15) is 37.7 Å². The minimum Gasteiger partial charge on any atom is -0.265 e. The zero-order valence-electron chi connectivity index (χ0n) is 8.03. The average molecular weight is 173 g/mol. The van der Waals surface area contributed by atoms with Crippen molar-refractivity contribution in [1.29, 1.82) is 0 Å². The minimum atomic E-state index is 0.728. The Hall–Kier alpha value is -1.11. The molecule has 1 unspecified atom stereocenters. The second kappa shape index (κ2) is 3.73. The van der Waals surface area contributed by atoms with Gasteiger partial charge in [-0.15, -0.1) is 0 Å². The fraction of sp³-hybridized carbons (Fsp3) is 0.417. The Balaban J connectivity index is 2.12. The van der Waals surface area contributed by atoms with Gasteiger partial charge in [-0.2, -0.15) is 0 Å². The Kier molecular flexibility index (Phi) is 2.44. The van der Waals surface area contributed by atoms with E-state index in [2.05, 4.69) is 30.1 Å². The summed E-state index contributed by atoms with van der Waals surface area (Å²) < 4.78 is 0. The number of pyridine rings is 1. The molecule has 2 rings (SSSR count). The highest BCUT2D eigenvalue weighted by atomic mass is 14.6. The van der Waals surface area contributed by atoms with Crippen LogP contribution in [0.25, 0.3) is 0 Å². The van der Waals surface area contributed by atoms with Crippen molar-refractivity contribution in [3.63, 3.8) is 0 Å². The van der Waals surface area contributed by atoms with Crippen LogP contribution >= 0.6 is 0 Å². The van der Waals surface area contributed by atoms with Gasteiger partial charge in [-0.05, 0) is 49.8 Å². The van der Waals surface area contributed by atoms with Crippen LogP contribution in [-0.4, -0.2) is 4.98 Å². The summed E-state index contributed by atoms with van der Waals surface area (Å²) in [6.07, 6.45) is 9.91. The van der Waals surface area contributed by atoms with Gasteiger partial charge in [-0.1, -0.05) is 11.6 Å². The molecule has 1 heteroatoms. The van der Waals surface area contributed by atoms with Crippen molar-refractivity contribution >= 4 is 0 Å². The molecule has 1 atom stereocenters. The fourth-order valence-corrected chi connectivity index (χ4v) is 1.90. The monoisotopic (exact) mass is 173 g/mol. The standard InChI is InChI=1S/C12H15N/c1-10-2-4-11(5-3-10)12-6-8-13-9-7-12/h2,6-9,11H,3-5H2,1H3. The van der Waals surface area contributed by atoms with Crippen LogP contribution in [0.4, 0.5) is 0 Å². The summed E-state index contributed by atoms with van der Waals surface area (Å²) in [6.45, 7) is 2.22. The van der Waals surface area contributed by atoms with Gasteiger partial charge < -0.3 is 0 Å². The maximum Gasteiger partial charge on any atom is 0.0270 e. The predicted molar refractivity (Wildman–Crippen MR) is 54.6 cm³/mol. The van der Waals surface area contributed by atoms with Crippen molar-refractivity contribution in [2.45, 2.75) is 32.1 Å². The fourth-order valence-electron chi connectivity index (χ4n) is 1.90. The molecular formula is C12H15N. The van der Waals surface area contributed by atoms with Crippen LogP contribution in [0.2, 0.25) is 0 Å². The maximum atomic E-state index is 4.04. The molecule has 1 aromatic rings.